The third-order valence-electron chi connectivity index (χ3n) is 2.04. The summed E-state index contributed by atoms with van der Waals surface area (Å²) in [6.07, 6.45) is 2.78. The second-order valence-corrected chi connectivity index (χ2v) is 3.40. The Hall–Kier alpha value is -1.08. The molecule has 1 rings (SSSR count). The molecule has 70 valence electrons. The summed E-state index contributed by atoms with van der Waals surface area (Å²) in [7, 11) is 0. The monoisotopic (exact) mass is 176 g/mol. The van der Waals surface area contributed by atoms with E-state index in [0.717, 1.165) is 6.42 Å². The van der Waals surface area contributed by atoms with Crippen LogP contribution in [0, 0.1) is 6.92 Å². The van der Waals surface area contributed by atoms with Crippen molar-refractivity contribution >= 4 is 0 Å². The van der Waals surface area contributed by atoms with E-state index in [-0.39, 0.29) is 6.61 Å². The fourth-order valence-electron chi connectivity index (χ4n) is 1.26. The Morgan fingerprint density at radius 2 is 1.92 bits per heavy atom. The predicted molar refractivity (Wildman–Crippen MR) is 55.7 cm³/mol. The summed E-state index contributed by atoms with van der Waals surface area (Å²) in [6.45, 7) is 4.26. The zero-order chi connectivity index (χ0) is 9.68. The molecule has 1 N–H and O–H groups in total. The Bertz CT molecular complexity index is 282. The Morgan fingerprint density at radius 1 is 1.31 bits per heavy atom. The fourth-order valence-corrected chi connectivity index (χ4v) is 1.26. The number of aryl methyl sites for hydroxylation is 1. The van der Waals surface area contributed by atoms with Crippen LogP contribution in [0.1, 0.15) is 18.1 Å². The van der Waals surface area contributed by atoms with Crippen molar-refractivity contribution in [1.82, 2.24) is 0 Å². The molecule has 0 saturated heterocycles. The first-order valence-corrected chi connectivity index (χ1v) is 4.54. The van der Waals surface area contributed by atoms with Crippen LogP contribution in [0.5, 0.6) is 0 Å². The van der Waals surface area contributed by atoms with Crippen LogP contribution in [0.3, 0.4) is 0 Å². The summed E-state index contributed by atoms with van der Waals surface area (Å²) in [5.41, 5.74) is 3.80. The van der Waals surface area contributed by atoms with E-state index in [2.05, 4.69) is 31.2 Å². The van der Waals surface area contributed by atoms with Crippen LogP contribution in [0.25, 0.3) is 0 Å². The quantitative estimate of drug-likeness (QED) is 0.701. The molecule has 0 aliphatic carbocycles. The number of hydrogen-bond acceptors (Lipinski definition) is 1. The van der Waals surface area contributed by atoms with Gasteiger partial charge in [0.2, 0.25) is 0 Å². The van der Waals surface area contributed by atoms with Crippen LogP contribution in [0.4, 0.5) is 0 Å². The summed E-state index contributed by atoms with van der Waals surface area (Å²) in [5.74, 6) is 0. The van der Waals surface area contributed by atoms with Crippen LogP contribution < -0.4 is 0 Å². The van der Waals surface area contributed by atoms with E-state index in [1.54, 1.807) is 0 Å². The van der Waals surface area contributed by atoms with E-state index in [9.17, 15) is 0 Å². The van der Waals surface area contributed by atoms with E-state index in [1.165, 1.54) is 16.7 Å². The van der Waals surface area contributed by atoms with Gasteiger partial charge in [0.15, 0.2) is 0 Å². The largest absolute Gasteiger partial charge is 0.392 e. The molecule has 13 heavy (non-hydrogen) atoms. The highest BCUT2D eigenvalue weighted by Crippen LogP contribution is 2.08. The lowest BCUT2D eigenvalue weighted by atomic mass is 10.1. The predicted octanol–water partition coefficient (Wildman–Crippen LogP) is 2.48. The number of allylic oxidation sites excluding steroid dienone is 1. The summed E-state index contributed by atoms with van der Waals surface area (Å²) in [4.78, 5) is 0. The average molecular weight is 176 g/mol. The fraction of sp³-hybridized carbons (Fsp3) is 0.333. The SMILES string of the molecule is CC(=CCO)Cc1ccc(C)cc1. The number of benzene rings is 1. The molecule has 0 saturated carbocycles. The van der Waals surface area contributed by atoms with Crippen LogP contribution in [0.15, 0.2) is 35.9 Å². The molecule has 0 heterocycles. The Morgan fingerprint density at radius 3 is 2.46 bits per heavy atom. The van der Waals surface area contributed by atoms with Crippen molar-refractivity contribution in [2.45, 2.75) is 20.3 Å². The van der Waals surface area contributed by atoms with E-state index in [4.69, 9.17) is 5.11 Å². The molecule has 0 unspecified atom stereocenters. The molecule has 0 radical (unpaired) electrons. The third kappa shape index (κ3) is 3.43. The number of rotatable bonds is 3. The van der Waals surface area contributed by atoms with Crippen LogP contribution in [-0.2, 0) is 6.42 Å². The molecule has 1 aromatic carbocycles. The molecule has 1 heteroatoms. The first-order chi connectivity index (χ1) is 6.22. The van der Waals surface area contributed by atoms with Crippen molar-refractivity contribution in [3.05, 3.63) is 47.0 Å². The van der Waals surface area contributed by atoms with Crippen molar-refractivity contribution < 1.29 is 5.11 Å². The molecule has 0 fully saturated rings. The van der Waals surface area contributed by atoms with Crippen LogP contribution >= 0.6 is 0 Å². The highest BCUT2D eigenvalue weighted by atomic mass is 16.2. The molecule has 1 nitrogen and oxygen atoms in total. The van der Waals surface area contributed by atoms with Crippen LogP contribution in [-0.4, -0.2) is 11.7 Å². The van der Waals surface area contributed by atoms with Gasteiger partial charge < -0.3 is 5.11 Å². The maximum atomic E-state index is 8.68. The lowest BCUT2D eigenvalue weighted by Gasteiger charge is -2.01. The van der Waals surface area contributed by atoms with Gasteiger partial charge >= 0.3 is 0 Å². The maximum absolute atomic E-state index is 8.68. The van der Waals surface area contributed by atoms with E-state index in [1.807, 2.05) is 13.0 Å². The van der Waals surface area contributed by atoms with E-state index in [0.29, 0.717) is 0 Å². The maximum Gasteiger partial charge on any atom is 0.0615 e. The standard InChI is InChI=1S/C12H16O/c1-10-3-5-12(6-4-10)9-11(2)7-8-13/h3-7,13H,8-9H2,1-2H3. The normalized spacial score (nSPS) is 11.8. The van der Waals surface area contributed by atoms with Gasteiger partial charge in [-0.1, -0.05) is 41.5 Å². The molecule has 0 bridgehead atoms. The first-order valence-electron chi connectivity index (χ1n) is 4.54. The third-order valence-corrected chi connectivity index (χ3v) is 2.04. The lowest BCUT2D eigenvalue weighted by molar-refractivity contribution is 0.341. The lowest BCUT2D eigenvalue weighted by Crippen LogP contribution is -1.88. The van der Waals surface area contributed by atoms with Gasteiger partial charge in [0.05, 0.1) is 6.61 Å². The molecule has 1 aromatic rings. The van der Waals surface area contributed by atoms with Gasteiger partial charge in [-0.05, 0) is 25.8 Å². The summed E-state index contributed by atoms with van der Waals surface area (Å²) in [5, 5.41) is 8.68. The first kappa shape index (κ1) is 10.0. The summed E-state index contributed by atoms with van der Waals surface area (Å²) >= 11 is 0. The van der Waals surface area contributed by atoms with E-state index < -0.39 is 0 Å². The molecular weight excluding hydrogens is 160 g/mol. The zero-order valence-electron chi connectivity index (χ0n) is 8.25. The number of aliphatic hydroxyl groups excluding tert-OH is 1. The molecule has 0 spiro atoms. The molecule has 0 aliphatic heterocycles. The van der Waals surface area contributed by atoms with Gasteiger partial charge in [-0.2, -0.15) is 0 Å². The zero-order valence-corrected chi connectivity index (χ0v) is 8.25. The molecular formula is C12H16O. The van der Waals surface area contributed by atoms with Crippen molar-refractivity contribution in [3.8, 4) is 0 Å². The van der Waals surface area contributed by atoms with Crippen LogP contribution in [0.2, 0.25) is 0 Å². The Balaban J connectivity index is 2.64. The number of hydrogen-bond donors (Lipinski definition) is 1. The van der Waals surface area contributed by atoms with Crippen molar-refractivity contribution in [3.63, 3.8) is 0 Å². The Kier molecular flexibility index (Phi) is 3.71. The minimum Gasteiger partial charge on any atom is -0.392 e. The second kappa shape index (κ2) is 4.83. The van der Waals surface area contributed by atoms with Gasteiger partial charge in [0.1, 0.15) is 0 Å². The minimum atomic E-state index is 0.137. The highest BCUT2D eigenvalue weighted by Gasteiger charge is 1.93. The smallest absolute Gasteiger partial charge is 0.0615 e. The summed E-state index contributed by atoms with van der Waals surface area (Å²) in [6, 6.07) is 8.48. The second-order valence-electron chi connectivity index (χ2n) is 3.40. The van der Waals surface area contributed by atoms with Crippen molar-refractivity contribution in [2.24, 2.45) is 0 Å². The summed E-state index contributed by atoms with van der Waals surface area (Å²) < 4.78 is 0. The topological polar surface area (TPSA) is 20.2 Å². The van der Waals surface area contributed by atoms with Gasteiger partial charge in [0.25, 0.3) is 0 Å². The molecule has 0 atom stereocenters. The van der Waals surface area contributed by atoms with Gasteiger partial charge in [0, 0.05) is 0 Å². The molecule has 0 aromatic heterocycles. The Labute approximate surface area is 79.7 Å². The molecule has 0 amide bonds. The van der Waals surface area contributed by atoms with Gasteiger partial charge in [-0.15, -0.1) is 0 Å². The van der Waals surface area contributed by atoms with Gasteiger partial charge in [-0.25, -0.2) is 0 Å². The van der Waals surface area contributed by atoms with E-state index >= 15 is 0 Å². The number of aliphatic hydroxyl groups is 1. The highest BCUT2D eigenvalue weighted by molar-refractivity contribution is 5.25. The minimum absolute atomic E-state index is 0.137. The van der Waals surface area contributed by atoms with Crippen molar-refractivity contribution in [1.29, 1.82) is 0 Å². The van der Waals surface area contributed by atoms with Crippen molar-refractivity contribution in [2.75, 3.05) is 6.61 Å². The van der Waals surface area contributed by atoms with Gasteiger partial charge in [-0.3, -0.25) is 0 Å². The molecule has 0 aliphatic rings. The average Bonchev–Trinajstić information content (AvgIpc) is 2.09.